The fourth-order valence-corrected chi connectivity index (χ4v) is 4.22. The van der Waals surface area contributed by atoms with E-state index in [1.54, 1.807) is 69.3 Å². The molecule has 0 spiro atoms. The number of hydrogen-bond acceptors (Lipinski definition) is 12. The van der Waals surface area contributed by atoms with Gasteiger partial charge in [-0.1, -0.05) is 24.3 Å². The average molecular weight is 547 g/mol. The van der Waals surface area contributed by atoms with Crippen LogP contribution in [0.4, 0.5) is 0 Å². The van der Waals surface area contributed by atoms with Gasteiger partial charge in [-0.2, -0.15) is 0 Å². The summed E-state index contributed by atoms with van der Waals surface area (Å²) in [5, 5.41) is 19.1. The second-order valence-electron chi connectivity index (χ2n) is 8.98. The quantitative estimate of drug-likeness (QED) is 0.151. The van der Waals surface area contributed by atoms with Crippen LogP contribution in [0.2, 0.25) is 0 Å². The van der Waals surface area contributed by atoms with Crippen LogP contribution in [0, 0.1) is 0 Å². The van der Waals surface area contributed by atoms with Crippen LogP contribution in [-0.2, 0) is 0 Å². The number of nitrogens with zero attached hydrogens (tertiary/aromatic N) is 12. The molecule has 4 heterocycles. The monoisotopic (exact) mass is 547 g/mol. The van der Waals surface area contributed by atoms with Crippen LogP contribution in [0.25, 0.3) is 0 Å². The lowest BCUT2D eigenvalue weighted by Gasteiger charge is -2.58. The third kappa shape index (κ3) is 7.35. The van der Waals surface area contributed by atoms with E-state index in [2.05, 4.69) is 19.9 Å². The molecular weight excluding hydrogens is 515 g/mol. The molecule has 4 aromatic heterocycles. The SMILES string of the molecule is CN(/N=C\c1ccccn1)[B-](N(C)/N=C/c1ccccn1)(N(C)/N=C/c1ccccn1)N(C)/N=C/c1ccccn1. The van der Waals surface area contributed by atoms with Crippen LogP contribution in [-0.4, -0.2) is 99.4 Å². The van der Waals surface area contributed by atoms with Crippen molar-refractivity contribution in [2.24, 2.45) is 20.4 Å². The first-order valence-corrected chi connectivity index (χ1v) is 12.9. The third-order valence-electron chi connectivity index (χ3n) is 6.24. The van der Waals surface area contributed by atoms with Crippen molar-refractivity contribution in [1.82, 2.24) is 39.6 Å². The van der Waals surface area contributed by atoms with Crippen molar-refractivity contribution in [2.45, 2.75) is 0 Å². The summed E-state index contributed by atoms with van der Waals surface area (Å²) in [4.78, 5) is 24.5. The molecule has 0 radical (unpaired) electrons. The van der Waals surface area contributed by atoms with E-state index in [-0.39, 0.29) is 0 Å². The lowest BCUT2D eigenvalue weighted by molar-refractivity contribution is 0.237. The molecule has 0 fully saturated rings. The van der Waals surface area contributed by atoms with Gasteiger partial charge >= 0.3 is 6.69 Å². The highest BCUT2D eigenvalue weighted by molar-refractivity contribution is 6.68. The molecule has 0 aromatic carbocycles. The molecule has 208 valence electrons. The largest absolute Gasteiger partial charge is 0.449 e. The van der Waals surface area contributed by atoms with Gasteiger partial charge in [-0.3, -0.25) is 19.9 Å². The summed E-state index contributed by atoms with van der Waals surface area (Å²) in [6.45, 7) is -2.25. The minimum atomic E-state index is -2.25. The van der Waals surface area contributed by atoms with Gasteiger partial charge in [0.05, 0.1) is 47.6 Å². The number of hydrogen-bond donors (Lipinski definition) is 0. The maximum atomic E-state index is 4.78. The Labute approximate surface area is 240 Å². The van der Waals surface area contributed by atoms with Crippen molar-refractivity contribution in [2.75, 3.05) is 28.2 Å². The summed E-state index contributed by atoms with van der Waals surface area (Å²) in [5.41, 5.74) is 2.79. The molecule has 0 atom stereocenters. The van der Waals surface area contributed by atoms with Gasteiger partial charge in [0.15, 0.2) is 0 Å². The first-order valence-electron chi connectivity index (χ1n) is 12.9. The molecule has 4 rings (SSSR count). The van der Waals surface area contributed by atoms with E-state index >= 15 is 0 Å². The van der Waals surface area contributed by atoms with Gasteiger partial charge in [-0.15, -0.1) is 0 Å². The lowest BCUT2D eigenvalue weighted by Crippen LogP contribution is -2.76. The number of hydrazone groups is 4. The molecule has 41 heavy (non-hydrogen) atoms. The molecular formula is C28H32BN12-. The molecule has 0 N–H and O–H groups in total. The summed E-state index contributed by atoms with van der Waals surface area (Å²) >= 11 is 0. The third-order valence-corrected chi connectivity index (χ3v) is 6.24. The topological polar surface area (TPSA) is 114 Å². The van der Waals surface area contributed by atoms with Gasteiger partial charge in [0.2, 0.25) is 0 Å². The highest BCUT2D eigenvalue weighted by Gasteiger charge is 2.44. The van der Waals surface area contributed by atoms with Crippen molar-refractivity contribution in [3.63, 3.8) is 0 Å². The van der Waals surface area contributed by atoms with Crippen LogP contribution in [0.1, 0.15) is 22.8 Å². The molecule has 0 aliphatic rings. The van der Waals surface area contributed by atoms with E-state index in [1.165, 1.54) is 0 Å². The van der Waals surface area contributed by atoms with Crippen molar-refractivity contribution in [3.05, 3.63) is 120 Å². The molecule has 13 heteroatoms. The minimum Gasteiger partial charge on any atom is -0.406 e. The maximum absolute atomic E-state index is 4.78. The Morgan fingerprint density at radius 1 is 0.439 bits per heavy atom. The van der Waals surface area contributed by atoms with Crippen molar-refractivity contribution < 1.29 is 0 Å². The molecule has 12 nitrogen and oxygen atoms in total. The fourth-order valence-electron chi connectivity index (χ4n) is 4.22. The van der Waals surface area contributed by atoms with Crippen LogP contribution in [0.5, 0.6) is 0 Å². The van der Waals surface area contributed by atoms with Gasteiger partial charge in [-0.05, 0) is 76.7 Å². The molecule has 0 aliphatic carbocycles. The van der Waals surface area contributed by atoms with Gasteiger partial charge in [0.25, 0.3) is 0 Å². The van der Waals surface area contributed by atoms with Gasteiger partial charge in [0.1, 0.15) is 0 Å². The Morgan fingerprint density at radius 2 is 0.683 bits per heavy atom. The van der Waals surface area contributed by atoms with E-state index in [0.717, 1.165) is 0 Å². The molecule has 0 saturated carbocycles. The van der Waals surface area contributed by atoms with E-state index in [9.17, 15) is 0 Å². The van der Waals surface area contributed by atoms with Crippen molar-refractivity contribution >= 4 is 31.5 Å². The highest BCUT2D eigenvalue weighted by atomic mass is 15.7. The molecule has 4 aromatic rings. The second kappa shape index (κ2) is 14.1. The summed E-state index contributed by atoms with van der Waals surface area (Å²) in [6.07, 6.45) is 13.6. The first-order chi connectivity index (χ1) is 20.0. The summed E-state index contributed by atoms with van der Waals surface area (Å²) in [6, 6.07) is 22.6. The number of rotatable bonds is 12. The van der Waals surface area contributed by atoms with Crippen LogP contribution in [0.15, 0.2) is 118 Å². The Hall–Kier alpha value is -5.46. The molecule has 0 aliphatic heterocycles. The fraction of sp³-hybridized carbons (Fsp3) is 0.143. The lowest BCUT2D eigenvalue weighted by atomic mass is 9.71. The first kappa shape index (κ1) is 28.6. The molecule has 0 amide bonds. The normalized spacial score (nSPS) is 12.0. The minimum absolute atomic E-state index is 0.697. The zero-order chi connectivity index (χ0) is 28.9. The zero-order valence-corrected chi connectivity index (χ0v) is 23.5. The molecule has 0 bridgehead atoms. The van der Waals surface area contributed by atoms with Gasteiger partial charge in [0, 0.05) is 24.8 Å². The van der Waals surface area contributed by atoms with E-state index in [1.807, 2.05) is 101 Å². The van der Waals surface area contributed by atoms with Crippen molar-refractivity contribution in [1.29, 1.82) is 0 Å². The van der Waals surface area contributed by atoms with Crippen molar-refractivity contribution in [3.8, 4) is 0 Å². The Bertz CT molecular complexity index is 1220. The Morgan fingerprint density at radius 3 is 0.878 bits per heavy atom. The summed E-state index contributed by atoms with van der Waals surface area (Å²) in [5.74, 6) is 0. The molecule has 0 unspecified atom stereocenters. The van der Waals surface area contributed by atoms with E-state index < -0.39 is 6.69 Å². The second-order valence-corrected chi connectivity index (χ2v) is 8.98. The smallest absolute Gasteiger partial charge is 0.406 e. The predicted octanol–water partition coefficient (Wildman–Crippen LogP) is 2.87. The number of pyridine rings is 4. The zero-order valence-electron chi connectivity index (χ0n) is 23.5. The van der Waals surface area contributed by atoms with E-state index in [0.29, 0.717) is 22.8 Å². The predicted molar refractivity (Wildman–Crippen MR) is 164 cm³/mol. The van der Waals surface area contributed by atoms with Gasteiger partial charge in [-0.25, -0.2) is 20.4 Å². The highest BCUT2D eigenvalue weighted by Crippen LogP contribution is 2.23. The molecule has 0 saturated heterocycles. The van der Waals surface area contributed by atoms with Crippen LogP contribution < -0.4 is 0 Å². The van der Waals surface area contributed by atoms with E-state index in [4.69, 9.17) is 20.4 Å². The number of aromatic nitrogens is 4. The Balaban J connectivity index is 1.81. The Kier molecular flexibility index (Phi) is 9.80. The summed E-state index contributed by atoms with van der Waals surface area (Å²) < 4.78 is 0. The summed E-state index contributed by atoms with van der Waals surface area (Å²) in [7, 11) is 7.36. The van der Waals surface area contributed by atoms with Gasteiger partial charge < -0.3 is 19.7 Å². The van der Waals surface area contributed by atoms with Crippen LogP contribution >= 0.6 is 0 Å². The van der Waals surface area contributed by atoms with Crippen LogP contribution in [0.3, 0.4) is 0 Å². The average Bonchev–Trinajstić information content (AvgIpc) is 3.03. The maximum Gasteiger partial charge on any atom is 0.449 e. The standard InChI is InChI=1S/C28H32BN12/c1-38(34-21-25-13-5-9-17-30-25)29(39(2)35-22-26-14-6-10-18-31-26,40(3)36-23-27-15-7-11-19-32-27)41(4)37-24-28-16-8-12-20-33-28/h5-24H,1-4H3/q-1/b34-21-,35-22+,36-23+,37-24+.